The van der Waals surface area contributed by atoms with Crippen LogP contribution in [-0.4, -0.2) is 39.5 Å². The molecule has 7 heteroatoms. The van der Waals surface area contributed by atoms with Crippen LogP contribution in [0.25, 0.3) is 0 Å². The van der Waals surface area contributed by atoms with Crippen molar-refractivity contribution in [1.29, 1.82) is 0 Å². The Kier molecular flexibility index (Phi) is 5.29. The van der Waals surface area contributed by atoms with Crippen LogP contribution in [0.5, 0.6) is 0 Å². The van der Waals surface area contributed by atoms with E-state index >= 15 is 0 Å². The van der Waals surface area contributed by atoms with Gasteiger partial charge in [-0.1, -0.05) is 15.9 Å². The van der Waals surface area contributed by atoms with Gasteiger partial charge in [0.25, 0.3) is 0 Å². The molecule has 0 amide bonds. The second-order valence-corrected chi connectivity index (χ2v) is 8.42. The minimum Gasteiger partial charge on any atom is -0.398 e. The van der Waals surface area contributed by atoms with Crippen LogP contribution in [0.4, 0.5) is 5.69 Å². The summed E-state index contributed by atoms with van der Waals surface area (Å²) in [6.45, 7) is 3.59. The van der Waals surface area contributed by atoms with Crippen molar-refractivity contribution in [3.8, 4) is 0 Å². The second kappa shape index (κ2) is 6.64. The van der Waals surface area contributed by atoms with Crippen molar-refractivity contribution in [2.75, 3.05) is 32.5 Å². The first-order valence-electron chi connectivity index (χ1n) is 6.92. The summed E-state index contributed by atoms with van der Waals surface area (Å²) in [5.74, 6) is 0.253. The molecule has 2 N–H and O–H groups in total. The summed E-state index contributed by atoms with van der Waals surface area (Å²) in [7, 11) is -1.93. The fourth-order valence-corrected chi connectivity index (χ4v) is 4.67. The molecular weight excluding hydrogens is 356 g/mol. The molecule has 0 saturated carbocycles. The Hall–Kier alpha value is -0.630. The van der Waals surface area contributed by atoms with E-state index < -0.39 is 10.0 Å². The van der Waals surface area contributed by atoms with E-state index in [1.807, 2.05) is 0 Å². The number of ether oxygens (including phenoxy) is 1. The normalized spacial score (nSPS) is 19.9. The number of benzene rings is 1. The smallest absolute Gasteiger partial charge is 0.243 e. The highest BCUT2D eigenvalue weighted by molar-refractivity contribution is 9.10. The van der Waals surface area contributed by atoms with Gasteiger partial charge in [0.2, 0.25) is 10.0 Å². The molecule has 1 heterocycles. The molecule has 1 saturated heterocycles. The fourth-order valence-electron chi connectivity index (χ4n) is 2.52. The number of anilines is 1. The monoisotopic (exact) mass is 376 g/mol. The van der Waals surface area contributed by atoms with Gasteiger partial charge in [-0.3, -0.25) is 0 Å². The van der Waals surface area contributed by atoms with Crippen molar-refractivity contribution >= 4 is 31.6 Å². The molecule has 1 aromatic carbocycles. The maximum absolute atomic E-state index is 12.7. The maximum Gasteiger partial charge on any atom is 0.243 e. The Morgan fingerprint density at radius 2 is 2.19 bits per heavy atom. The van der Waals surface area contributed by atoms with E-state index in [2.05, 4.69) is 15.9 Å². The molecule has 1 atom stereocenters. The van der Waals surface area contributed by atoms with Crippen LogP contribution >= 0.6 is 15.9 Å². The van der Waals surface area contributed by atoms with Crippen LogP contribution in [0.1, 0.15) is 18.4 Å². The van der Waals surface area contributed by atoms with Crippen LogP contribution < -0.4 is 5.73 Å². The lowest BCUT2D eigenvalue weighted by molar-refractivity contribution is 0.0495. The summed E-state index contributed by atoms with van der Waals surface area (Å²) < 4.78 is 33.0. The minimum absolute atomic E-state index is 0.253. The highest BCUT2D eigenvalue weighted by Crippen LogP contribution is 2.29. The molecular formula is C14H21BrN2O3S. The zero-order valence-corrected chi connectivity index (χ0v) is 14.7. The van der Waals surface area contributed by atoms with Crippen LogP contribution in [0.15, 0.2) is 21.5 Å². The topological polar surface area (TPSA) is 72.6 Å². The van der Waals surface area contributed by atoms with Gasteiger partial charge in [0.15, 0.2) is 0 Å². The van der Waals surface area contributed by atoms with E-state index in [4.69, 9.17) is 10.5 Å². The lowest BCUT2D eigenvalue weighted by atomic mass is 10.0. The van der Waals surface area contributed by atoms with Gasteiger partial charge in [0, 0.05) is 30.4 Å². The van der Waals surface area contributed by atoms with Gasteiger partial charge >= 0.3 is 0 Å². The predicted octanol–water partition coefficient (Wildman–Crippen LogP) is 2.39. The molecule has 0 radical (unpaired) electrons. The summed E-state index contributed by atoms with van der Waals surface area (Å²) in [5, 5.41) is 0. The van der Waals surface area contributed by atoms with E-state index in [-0.39, 0.29) is 10.8 Å². The minimum atomic E-state index is -3.55. The maximum atomic E-state index is 12.7. The van der Waals surface area contributed by atoms with Crippen LogP contribution in [0.2, 0.25) is 0 Å². The first-order chi connectivity index (χ1) is 9.82. The largest absolute Gasteiger partial charge is 0.398 e. The van der Waals surface area contributed by atoms with Crippen LogP contribution in [0, 0.1) is 12.8 Å². The van der Waals surface area contributed by atoms with Crippen molar-refractivity contribution < 1.29 is 13.2 Å². The number of halogens is 1. The third-order valence-electron chi connectivity index (χ3n) is 3.82. The highest BCUT2D eigenvalue weighted by Gasteiger charge is 2.27. The SMILES string of the molecule is Cc1c(N)cc(Br)cc1S(=O)(=O)N(C)CC1CCCOC1. The van der Waals surface area contributed by atoms with E-state index in [0.29, 0.717) is 28.9 Å². The zero-order chi connectivity index (χ0) is 15.6. The Bertz CT molecular complexity index is 613. The Balaban J connectivity index is 2.24. The van der Waals surface area contributed by atoms with Gasteiger partial charge in [0.1, 0.15) is 0 Å². The van der Waals surface area contributed by atoms with Crippen LogP contribution in [-0.2, 0) is 14.8 Å². The molecule has 1 fully saturated rings. The van der Waals surface area contributed by atoms with Crippen LogP contribution in [0.3, 0.4) is 0 Å². The number of nitrogens with two attached hydrogens (primary N) is 1. The van der Waals surface area contributed by atoms with Gasteiger partial charge in [-0.2, -0.15) is 0 Å². The van der Waals surface area contributed by atoms with Crippen molar-refractivity contribution in [3.63, 3.8) is 0 Å². The molecule has 1 aromatic rings. The number of nitrogen functional groups attached to an aromatic ring is 1. The Labute approximate surface area is 134 Å². The quantitative estimate of drug-likeness (QED) is 0.818. The number of sulfonamides is 1. The molecule has 1 unspecified atom stereocenters. The second-order valence-electron chi connectivity index (χ2n) is 5.49. The Morgan fingerprint density at radius 1 is 1.48 bits per heavy atom. The van der Waals surface area contributed by atoms with E-state index in [1.165, 1.54) is 4.31 Å². The third kappa shape index (κ3) is 3.77. The van der Waals surface area contributed by atoms with E-state index in [0.717, 1.165) is 19.4 Å². The molecule has 0 aromatic heterocycles. The average Bonchev–Trinajstić information content (AvgIpc) is 2.43. The van der Waals surface area contributed by atoms with Gasteiger partial charge < -0.3 is 10.5 Å². The molecule has 5 nitrogen and oxygen atoms in total. The number of rotatable bonds is 4. The predicted molar refractivity (Wildman–Crippen MR) is 86.7 cm³/mol. The third-order valence-corrected chi connectivity index (χ3v) is 6.23. The molecule has 1 aliphatic rings. The molecule has 0 spiro atoms. The van der Waals surface area contributed by atoms with Gasteiger partial charge in [-0.05, 0) is 43.4 Å². The van der Waals surface area contributed by atoms with Gasteiger partial charge in [0.05, 0.1) is 11.5 Å². The summed E-state index contributed by atoms with van der Waals surface area (Å²) in [6.07, 6.45) is 1.99. The molecule has 0 bridgehead atoms. The molecule has 118 valence electrons. The standard InChI is InChI=1S/C14H21BrN2O3S/c1-10-13(16)6-12(15)7-14(10)21(18,19)17(2)8-11-4-3-5-20-9-11/h6-7,11H,3-5,8-9,16H2,1-2H3. The highest BCUT2D eigenvalue weighted by atomic mass is 79.9. The zero-order valence-electron chi connectivity index (χ0n) is 12.3. The summed E-state index contributed by atoms with van der Waals surface area (Å²) in [4.78, 5) is 0.258. The first kappa shape index (κ1) is 16.7. The summed E-state index contributed by atoms with van der Waals surface area (Å²) in [6, 6.07) is 3.32. The van der Waals surface area contributed by atoms with Crippen molar-refractivity contribution in [2.24, 2.45) is 5.92 Å². The number of hydrogen-bond acceptors (Lipinski definition) is 4. The van der Waals surface area contributed by atoms with Crippen molar-refractivity contribution in [1.82, 2.24) is 4.31 Å². The van der Waals surface area contributed by atoms with Crippen molar-refractivity contribution in [3.05, 3.63) is 22.2 Å². The lowest BCUT2D eigenvalue weighted by Gasteiger charge is -2.27. The molecule has 2 rings (SSSR count). The van der Waals surface area contributed by atoms with Gasteiger partial charge in [-0.25, -0.2) is 12.7 Å². The molecule has 1 aliphatic heterocycles. The number of hydrogen-bond donors (Lipinski definition) is 1. The lowest BCUT2D eigenvalue weighted by Crippen LogP contribution is -2.35. The first-order valence-corrected chi connectivity index (χ1v) is 9.15. The Morgan fingerprint density at radius 3 is 2.81 bits per heavy atom. The van der Waals surface area contributed by atoms with Crippen molar-refractivity contribution in [2.45, 2.75) is 24.7 Å². The fraction of sp³-hybridized carbons (Fsp3) is 0.571. The molecule has 0 aliphatic carbocycles. The summed E-state index contributed by atoms with van der Waals surface area (Å²) >= 11 is 3.30. The summed E-state index contributed by atoms with van der Waals surface area (Å²) in [5.41, 5.74) is 6.93. The van der Waals surface area contributed by atoms with Gasteiger partial charge in [-0.15, -0.1) is 0 Å². The van der Waals surface area contributed by atoms with E-state index in [9.17, 15) is 8.42 Å². The average molecular weight is 377 g/mol. The number of nitrogens with zero attached hydrogens (tertiary/aromatic N) is 1. The van der Waals surface area contributed by atoms with E-state index in [1.54, 1.807) is 26.1 Å². The molecule has 21 heavy (non-hydrogen) atoms.